The molecule has 1 fully saturated rings. The number of likely N-dealkylation sites (tertiary alicyclic amines) is 1. The maximum absolute atomic E-state index is 12.6. The van der Waals surface area contributed by atoms with E-state index in [9.17, 15) is 4.79 Å². The standard InChI is InChI=1S/C21H22N2O3/c1-14-12-15(22-25)10-11-23(14)21(24)26-13-20-18-8-4-2-6-16(18)17-7-3-5-9-19(17)20/h2-9,14,20,25H,10-13H2,1H3/b22-15+. The Bertz CT molecular complexity index is 816. The third-order valence-electron chi connectivity index (χ3n) is 5.42. The molecule has 1 amide bonds. The zero-order chi connectivity index (χ0) is 18.1. The Morgan fingerprint density at radius 1 is 1.15 bits per heavy atom. The molecule has 1 heterocycles. The summed E-state index contributed by atoms with van der Waals surface area (Å²) in [4.78, 5) is 14.3. The summed E-state index contributed by atoms with van der Waals surface area (Å²) in [5.41, 5.74) is 5.60. The van der Waals surface area contributed by atoms with Gasteiger partial charge in [0.15, 0.2) is 0 Å². The monoisotopic (exact) mass is 350 g/mol. The molecule has 2 aromatic rings. The third-order valence-corrected chi connectivity index (χ3v) is 5.42. The molecule has 5 nitrogen and oxygen atoms in total. The minimum absolute atomic E-state index is 0.0229. The number of carbonyl (C=O) groups is 1. The van der Waals surface area contributed by atoms with Crippen LogP contribution in [-0.2, 0) is 4.74 Å². The van der Waals surface area contributed by atoms with Crippen molar-refractivity contribution in [2.45, 2.75) is 31.7 Å². The minimum atomic E-state index is -0.295. The van der Waals surface area contributed by atoms with E-state index in [1.807, 2.05) is 31.2 Å². The highest BCUT2D eigenvalue weighted by molar-refractivity contribution is 5.86. The average Bonchev–Trinajstić information content (AvgIpc) is 3.00. The largest absolute Gasteiger partial charge is 0.448 e. The predicted octanol–water partition coefficient (Wildman–Crippen LogP) is 4.25. The van der Waals surface area contributed by atoms with Gasteiger partial charge in [0.1, 0.15) is 6.61 Å². The van der Waals surface area contributed by atoms with Crippen molar-refractivity contribution in [1.29, 1.82) is 0 Å². The van der Waals surface area contributed by atoms with Crippen molar-refractivity contribution in [2.24, 2.45) is 5.16 Å². The molecule has 1 aliphatic heterocycles. The van der Waals surface area contributed by atoms with Gasteiger partial charge in [-0.2, -0.15) is 0 Å². The summed E-state index contributed by atoms with van der Waals surface area (Å²) in [6.07, 6.45) is 0.877. The molecular weight excluding hydrogens is 328 g/mol. The molecule has 134 valence electrons. The molecule has 0 radical (unpaired) electrons. The smallest absolute Gasteiger partial charge is 0.410 e. The van der Waals surface area contributed by atoms with E-state index in [1.54, 1.807) is 4.90 Å². The molecule has 2 aliphatic rings. The number of ether oxygens (including phenoxy) is 1. The molecule has 4 rings (SSSR count). The average molecular weight is 350 g/mol. The number of benzene rings is 2. The molecule has 0 aromatic heterocycles. The van der Waals surface area contributed by atoms with Crippen molar-refractivity contribution in [3.8, 4) is 11.1 Å². The quantitative estimate of drug-likeness (QED) is 0.650. The number of piperidine rings is 1. The molecule has 1 atom stereocenters. The topological polar surface area (TPSA) is 62.1 Å². The Morgan fingerprint density at radius 3 is 2.35 bits per heavy atom. The van der Waals surface area contributed by atoms with Gasteiger partial charge in [-0.25, -0.2) is 4.79 Å². The second-order valence-corrected chi connectivity index (χ2v) is 6.97. The molecule has 26 heavy (non-hydrogen) atoms. The molecule has 1 saturated heterocycles. The highest BCUT2D eigenvalue weighted by atomic mass is 16.6. The first-order valence-corrected chi connectivity index (χ1v) is 9.00. The van der Waals surface area contributed by atoms with Crippen LogP contribution in [0.25, 0.3) is 11.1 Å². The van der Waals surface area contributed by atoms with Gasteiger partial charge in [-0.3, -0.25) is 0 Å². The van der Waals surface area contributed by atoms with Gasteiger partial charge in [-0.15, -0.1) is 0 Å². The van der Waals surface area contributed by atoms with Crippen LogP contribution in [0.2, 0.25) is 0 Å². The van der Waals surface area contributed by atoms with Gasteiger partial charge in [0.05, 0.1) is 5.71 Å². The Hall–Kier alpha value is -2.82. The highest BCUT2D eigenvalue weighted by Gasteiger charge is 2.32. The number of oxime groups is 1. The number of hydrogen-bond donors (Lipinski definition) is 1. The van der Waals surface area contributed by atoms with Crippen molar-refractivity contribution in [2.75, 3.05) is 13.2 Å². The number of fused-ring (bicyclic) bond motifs is 3. The minimum Gasteiger partial charge on any atom is -0.448 e. The van der Waals surface area contributed by atoms with Gasteiger partial charge in [0.25, 0.3) is 0 Å². The van der Waals surface area contributed by atoms with Crippen LogP contribution in [0.1, 0.15) is 36.8 Å². The number of hydrogen-bond acceptors (Lipinski definition) is 4. The molecule has 1 N–H and O–H groups in total. The van der Waals surface area contributed by atoms with Crippen molar-refractivity contribution >= 4 is 11.8 Å². The predicted molar refractivity (Wildman–Crippen MR) is 99.7 cm³/mol. The van der Waals surface area contributed by atoms with Crippen molar-refractivity contribution in [3.63, 3.8) is 0 Å². The van der Waals surface area contributed by atoms with E-state index in [2.05, 4.69) is 29.4 Å². The van der Waals surface area contributed by atoms with Crippen LogP contribution in [0, 0.1) is 0 Å². The zero-order valence-electron chi connectivity index (χ0n) is 14.8. The van der Waals surface area contributed by atoms with Crippen molar-refractivity contribution in [1.82, 2.24) is 4.90 Å². The molecule has 5 heteroatoms. The lowest BCUT2D eigenvalue weighted by Crippen LogP contribution is -2.45. The lowest BCUT2D eigenvalue weighted by Gasteiger charge is -2.33. The Balaban J connectivity index is 1.49. The van der Waals surface area contributed by atoms with E-state index in [0.717, 1.165) is 5.71 Å². The van der Waals surface area contributed by atoms with E-state index in [1.165, 1.54) is 22.3 Å². The first-order chi connectivity index (χ1) is 12.7. The van der Waals surface area contributed by atoms with Crippen LogP contribution < -0.4 is 0 Å². The molecule has 1 unspecified atom stereocenters. The van der Waals surface area contributed by atoms with Crippen LogP contribution in [0.15, 0.2) is 53.7 Å². The Morgan fingerprint density at radius 2 is 1.77 bits per heavy atom. The van der Waals surface area contributed by atoms with E-state index in [4.69, 9.17) is 9.94 Å². The Kier molecular flexibility index (Phi) is 4.37. The van der Waals surface area contributed by atoms with E-state index < -0.39 is 0 Å². The van der Waals surface area contributed by atoms with Gasteiger partial charge in [0, 0.05) is 31.3 Å². The van der Waals surface area contributed by atoms with Crippen LogP contribution in [0.5, 0.6) is 0 Å². The van der Waals surface area contributed by atoms with Crippen LogP contribution in [-0.4, -0.2) is 41.1 Å². The van der Waals surface area contributed by atoms with E-state index in [-0.39, 0.29) is 18.1 Å². The van der Waals surface area contributed by atoms with E-state index >= 15 is 0 Å². The summed E-state index contributed by atoms with van der Waals surface area (Å²) in [5.74, 6) is 0.0704. The maximum Gasteiger partial charge on any atom is 0.410 e. The molecular formula is C21H22N2O3. The zero-order valence-corrected chi connectivity index (χ0v) is 14.8. The van der Waals surface area contributed by atoms with Gasteiger partial charge in [-0.05, 0) is 29.2 Å². The Labute approximate surface area is 152 Å². The number of amides is 1. The fourth-order valence-corrected chi connectivity index (χ4v) is 4.06. The molecule has 0 spiro atoms. The highest BCUT2D eigenvalue weighted by Crippen LogP contribution is 2.44. The second-order valence-electron chi connectivity index (χ2n) is 6.97. The molecule has 0 bridgehead atoms. The number of nitrogens with zero attached hydrogens (tertiary/aromatic N) is 2. The van der Waals surface area contributed by atoms with Gasteiger partial charge >= 0.3 is 6.09 Å². The summed E-state index contributed by atoms with van der Waals surface area (Å²) < 4.78 is 5.70. The second kappa shape index (κ2) is 6.83. The summed E-state index contributed by atoms with van der Waals surface area (Å²) in [6.45, 7) is 2.81. The normalized spacial score (nSPS) is 20.7. The lowest BCUT2D eigenvalue weighted by molar-refractivity contribution is 0.0851. The van der Waals surface area contributed by atoms with Crippen molar-refractivity contribution < 1.29 is 14.7 Å². The number of carbonyl (C=O) groups excluding carboxylic acids is 1. The van der Waals surface area contributed by atoms with E-state index in [0.29, 0.717) is 26.0 Å². The molecule has 2 aromatic carbocycles. The maximum atomic E-state index is 12.6. The SMILES string of the molecule is CC1C/C(=N/O)CCN1C(=O)OCC1c2ccccc2-c2ccccc21. The molecule has 0 saturated carbocycles. The summed E-state index contributed by atoms with van der Waals surface area (Å²) >= 11 is 0. The fraction of sp³-hybridized carbons (Fsp3) is 0.333. The number of rotatable bonds is 2. The summed E-state index contributed by atoms with van der Waals surface area (Å²) in [6, 6.07) is 16.6. The van der Waals surface area contributed by atoms with Gasteiger partial charge in [-0.1, -0.05) is 53.7 Å². The van der Waals surface area contributed by atoms with Crippen LogP contribution >= 0.6 is 0 Å². The lowest BCUT2D eigenvalue weighted by atomic mass is 9.98. The fourth-order valence-electron chi connectivity index (χ4n) is 4.06. The van der Waals surface area contributed by atoms with Gasteiger partial charge in [0.2, 0.25) is 0 Å². The van der Waals surface area contributed by atoms with Crippen LogP contribution in [0.4, 0.5) is 4.79 Å². The van der Waals surface area contributed by atoms with Crippen molar-refractivity contribution in [3.05, 3.63) is 59.7 Å². The summed E-state index contributed by atoms with van der Waals surface area (Å²) in [5, 5.41) is 12.2. The van der Waals surface area contributed by atoms with Crippen LogP contribution in [0.3, 0.4) is 0 Å². The molecule has 1 aliphatic carbocycles. The first kappa shape index (κ1) is 16.6. The third kappa shape index (κ3) is 2.83. The first-order valence-electron chi connectivity index (χ1n) is 9.00. The van der Waals surface area contributed by atoms with Gasteiger partial charge < -0.3 is 14.8 Å². The summed E-state index contributed by atoms with van der Waals surface area (Å²) in [7, 11) is 0.